The minimum Gasteiger partial charge on any atom is -0.389 e. The van der Waals surface area contributed by atoms with Crippen LogP contribution in [0.1, 0.15) is 27.8 Å². The smallest absolute Gasteiger partial charge is 0.128 e. The van der Waals surface area contributed by atoms with Crippen molar-refractivity contribution in [2.75, 3.05) is 6.61 Å². The minimum atomic E-state index is -0.531. The second-order valence-electron chi connectivity index (χ2n) is 3.83. The first kappa shape index (κ1) is 13.1. The number of thiophene rings is 1. The van der Waals surface area contributed by atoms with Gasteiger partial charge < -0.3 is 5.11 Å². The summed E-state index contributed by atoms with van der Waals surface area (Å²) in [4.78, 5) is 2.53. The molecule has 0 spiro atoms. The van der Waals surface area contributed by atoms with E-state index in [1.54, 1.807) is 24.3 Å². The topological polar surface area (TPSA) is 20.2 Å². The van der Waals surface area contributed by atoms with Crippen molar-refractivity contribution in [2.45, 2.75) is 27.7 Å². The van der Waals surface area contributed by atoms with Gasteiger partial charge >= 0.3 is 0 Å². The van der Waals surface area contributed by atoms with E-state index in [-0.39, 0.29) is 0 Å². The molecule has 0 saturated carbocycles. The van der Waals surface area contributed by atoms with Crippen LogP contribution in [0.25, 0.3) is 6.08 Å². The van der Waals surface area contributed by atoms with Crippen molar-refractivity contribution >= 4 is 17.4 Å². The maximum absolute atomic E-state index is 13.0. The molecule has 1 N–H and O–H groups in total. The van der Waals surface area contributed by atoms with Gasteiger partial charge in [0.05, 0.1) is 6.61 Å². The van der Waals surface area contributed by atoms with Gasteiger partial charge in [0.2, 0.25) is 0 Å². The van der Waals surface area contributed by atoms with Crippen LogP contribution in [0.4, 0.5) is 4.39 Å². The lowest BCUT2D eigenvalue weighted by Gasteiger charge is -1.97. The van der Waals surface area contributed by atoms with E-state index in [2.05, 4.69) is 20.8 Å². The molecule has 0 aromatic carbocycles. The predicted octanol–water partition coefficient (Wildman–Crippen LogP) is 3.92. The molecule has 1 rings (SSSR count). The molecule has 0 aliphatic carbocycles. The molecule has 0 aliphatic heterocycles. The molecule has 0 bridgehead atoms. The quantitative estimate of drug-likeness (QED) is 0.794. The van der Waals surface area contributed by atoms with E-state index in [0.717, 1.165) is 5.56 Å². The molecule has 0 aliphatic rings. The van der Waals surface area contributed by atoms with Gasteiger partial charge in [-0.25, -0.2) is 4.39 Å². The van der Waals surface area contributed by atoms with Crippen LogP contribution in [0.5, 0.6) is 0 Å². The highest BCUT2D eigenvalue weighted by Crippen LogP contribution is 2.28. The first-order chi connectivity index (χ1) is 7.47. The third kappa shape index (κ3) is 2.80. The zero-order chi connectivity index (χ0) is 12.3. The standard InChI is InChI=1S/C13H17FOS/c1-8(13(14)7-15)5-6-12-9(2)10(3)16-11(12)4/h5-6,15H,7H2,1-4H3/b6-5+,13-8-. The second-order valence-corrected chi connectivity index (χ2v) is 5.26. The Morgan fingerprint density at radius 3 is 2.38 bits per heavy atom. The zero-order valence-corrected chi connectivity index (χ0v) is 10.9. The molecule has 0 fully saturated rings. The highest BCUT2D eigenvalue weighted by Gasteiger charge is 2.06. The number of halogens is 1. The molecule has 0 atom stereocenters. The molecule has 1 nitrogen and oxygen atoms in total. The summed E-state index contributed by atoms with van der Waals surface area (Å²) in [5.41, 5.74) is 2.88. The first-order valence-electron chi connectivity index (χ1n) is 5.18. The molecule has 0 unspecified atom stereocenters. The molecule has 88 valence electrons. The van der Waals surface area contributed by atoms with Crippen LogP contribution in [-0.2, 0) is 0 Å². The van der Waals surface area contributed by atoms with Crippen LogP contribution in [0.15, 0.2) is 17.5 Å². The fraction of sp³-hybridized carbons (Fsp3) is 0.385. The fourth-order valence-corrected chi connectivity index (χ4v) is 2.53. The molecule has 0 amide bonds. The summed E-state index contributed by atoms with van der Waals surface area (Å²) in [5, 5.41) is 8.65. The van der Waals surface area contributed by atoms with E-state index in [1.165, 1.54) is 15.3 Å². The molecular formula is C13H17FOS. The normalized spacial score (nSPS) is 13.4. The summed E-state index contributed by atoms with van der Waals surface area (Å²) in [7, 11) is 0. The molecule has 16 heavy (non-hydrogen) atoms. The van der Waals surface area contributed by atoms with Crippen LogP contribution >= 0.6 is 11.3 Å². The highest BCUT2D eigenvalue weighted by atomic mass is 32.1. The summed E-state index contributed by atoms with van der Waals surface area (Å²) in [6.07, 6.45) is 3.63. The Bertz CT molecular complexity index is 441. The number of hydrogen-bond acceptors (Lipinski definition) is 2. The largest absolute Gasteiger partial charge is 0.389 e. The van der Waals surface area contributed by atoms with Gasteiger partial charge in [-0.2, -0.15) is 0 Å². The fourth-order valence-electron chi connectivity index (χ4n) is 1.48. The summed E-state index contributed by atoms with van der Waals surface area (Å²) < 4.78 is 13.0. The number of aliphatic hydroxyl groups excluding tert-OH is 1. The van der Waals surface area contributed by atoms with E-state index in [0.29, 0.717) is 5.57 Å². The summed E-state index contributed by atoms with van der Waals surface area (Å²) in [6.45, 7) is 7.34. The van der Waals surface area contributed by atoms with Gasteiger partial charge in [0.15, 0.2) is 0 Å². The Balaban J connectivity index is 3.01. The number of rotatable bonds is 3. The number of aliphatic hydroxyl groups is 1. The van der Waals surface area contributed by atoms with E-state index in [9.17, 15) is 4.39 Å². The average Bonchev–Trinajstić information content (AvgIpc) is 2.49. The van der Waals surface area contributed by atoms with Gasteiger partial charge in [-0.3, -0.25) is 0 Å². The van der Waals surface area contributed by atoms with Crippen molar-refractivity contribution in [3.63, 3.8) is 0 Å². The number of aryl methyl sites for hydroxylation is 2. The van der Waals surface area contributed by atoms with Crippen molar-refractivity contribution in [2.24, 2.45) is 0 Å². The Labute approximate surface area is 99.9 Å². The Morgan fingerprint density at radius 2 is 1.94 bits per heavy atom. The Morgan fingerprint density at radius 1 is 1.31 bits per heavy atom. The maximum Gasteiger partial charge on any atom is 0.128 e. The van der Waals surface area contributed by atoms with Gasteiger partial charge in [0.25, 0.3) is 0 Å². The highest BCUT2D eigenvalue weighted by molar-refractivity contribution is 7.12. The van der Waals surface area contributed by atoms with Gasteiger partial charge in [-0.1, -0.05) is 12.2 Å². The van der Waals surface area contributed by atoms with Crippen molar-refractivity contribution in [1.29, 1.82) is 0 Å². The molecule has 1 heterocycles. The number of hydrogen-bond donors (Lipinski definition) is 1. The van der Waals surface area contributed by atoms with Gasteiger partial charge in [0.1, 0.15) is 5.83 Å². The lowest BCUT2D eigenvalue weighted by molar-refractivity contribution is 0.296. The summed E-state index contributed by atoms with van der Waals surface area (Å²) >= 11 is 1.75. The summed E-state index contributed by atoms with van der Waals surface area (Å²) in [6, 6.07) is 0. The van der Waals surface area contributed by atoms with Crippen LogP contribution in [0.3, 0.4) is 0 Å². The molecule has 1 aromatic heterocycles. The monoisotopic (exact) mass is 240 g/mol. The SMILES string of the molecule is CC(/C=C/c1c(C)sc(C)c1C)=C(/F)CO. The first-order valence-corrected chi connectivity index (χ1v) is 5.99. The Kier molecular flexibility index (Phi) is 4.44. The average molecular weight is 240 g/mol. The second kappa shape index (κ2) is 5.41. The predicted molar refractivity (Wildman–Crippen MR) is 68.5 cm³/mol. The minimum absolute atomic E-state index is 0.474. The van der Waals surface area contributed by atoms with Crippen LogP contribution in [0.2, 0.25) is 0 Å². The lowest BCUT2D eigenvalue weighted by Crippen LogP contribution is -1.86. The van der Waals surface area contributed by atoms with Crippen molar-refractivity contribution < 1.29 is 9.50 Å². The molecule has 0 radical (unpaired) electrons. The number of allylic oxidation sites excluding steroid dienone is 2. The van der Waals surface area contributed by atoms with Crippen molar-refractivity contribution in [3.8, 4) is 0 Å². The van der Waals surface area contributed by atoms with Crippen molar-refractivity contribution in [3.05, 3.63) is 38.4 Å². The van der Waals surface area contributed by atoms with Crippen LogP contribution in [-0.4, -0.2) is 11.7 Å². The molecule has 1 aromatic rings. The molecule has 3 heteroatoms. The lowest BCUT2D eigenvalue weighted by atomic mass is 10.1. The van der Waals surface area contributed by atoms with Gasteiger partial charge in [-0.15, -0.1) is 11.3 Å². The van der Waals surface area contributed by atoms with Crippen molar-refractivity contribution in [1.82, 2.24) is 0 Å². The van der Waals surface area contributed by atoms with Crippen LogP contribution in [0, 0.1) is 20.8 Å². The van der Waals surface area contributed by atoms with Gasteiger partial charge in [0, 0.05) is 9.75 Å². The zero-order valence-electron chi connectivity index (χ0n) is 10.1. The van der Waals surface area contributed by atoms with Crippen LogP contribution < -0.4 is 0 Å². The van der Waals surface area contributed by atoms with E-state index >= 15 is 0 Å². The summed E-state index contributed by atoms with van der Waals surface area (Å²) in [5.74, 6) is -0.474. The van der Waals surface area contributed by atoms with Gasteiger partial charge in [-0.05, 0) is 44.4 Å². The molecule has 0 saturated heterocycles. The van der Waals surface area contributed by atoms with E-state index in [4.69, 9.17) is 5.11 Å². The Hall–Kier alpha value is -0.930. The molecular weight excluding hydrogens is 223 g/mol. The third-order valence-corrected chi connectivity index (χ3v) is 3.82. The van der Waals surface area contributed by atoms with E-state index < -0.39 is 12.4 Å². The maximum atomic E-state index is 13.0. The third-order valence-electron chi connectivity index (χ3n) is 2.68. The van der Waals surface area contributed by atoms with E-state index in [1.807, 2.05) is 6.08 Å².